The molecular formula is C13H19BrN2O2. The highest BCUT2D eigenvalue weighted by Gasteiger charge is 2.09. The summed E-state index contributed by atoms with van der Waals surface area (Å²) in [5.74, 6) is 0.981. The summed E-state index contributed by atoms with van der Waals surface area (Å²) in [6.45, 7) is 2.94. The molecule has 1 amide bonds. The highest BCUT2D eigenvalue weighted by atomic mass is 79.9. The van der Waals surface area contributed by atoms with Gasteiger partial charge in [-0.3, -0.25) is 4.79 Å². The fraction of sp³-hybridized carbons (Fsp3) is 0.462. The van der Waals surface area contributed by atoms with E-state index in [1.54, 1.807) is 7.11 Å². The number of nitrogens with two attached hydrogens (primary N) is 1. The van der Waals surface area contributed by atoms with Crippen LogP contribution in [0.1, 0.15) is 18.9 Å². The van der Waals surface area contributed by atoms with Crippen LogP contribution in [-0.4, -0.2) is 19.6 Å². The number of ether oxygens (including phenoxy) is 1. The molecule has 1 aromatic rings. The van der Waals surface area contributed by atoms with Gasteiger partial charge in [0, 0.05) is 23.0 Å². The van der Waals surface area contributed by atoms with Gasteiger partial charge < -0.3 is 15.8 Å². The number of halogens is 1. The lowest BCUT2D eigenvalue weighted by Crippen LogP contribution is -2.26. The fourth-order valence-electron chi connectivity index (χ4n) is 1.55. The van der Waals surface area contributed by atoms with Crippen molar-refractivity contribution in [2.24, 2.45) is 11.7 Å². The summed E-state index contributed by atoms with van der Waals surface area (Å²) in [7, 11) is 1.62. The molecule has 0 fully saturated rings. The average Bonchev–Trinajstić information content (AvgIpc) is 2.36. The Morgan fingerprint density at radius 2 is 2.28 bits per heavy atom. The Kier molecular flexibility index (Phi) is 6.15. The van der Waals surface area contributed by atoms with E-state index in [4.69, 9.17) is 10.5 Å². The van der Waals surface area contributed by atoms with Gasteiger partial charge in [0.1, 0.15) is 5.75 Å². The summed E-state index contributed by atoms with van der Waals surface area (Å²) >= 11 is 3.40. The van der Waals surface area contributed by atoms with Crippen LogP contribution in [-0.2, 0) is 11.3 Å². The van der Waals surface area contributed by atoms with E-state index in [1.807, 2.05) is 25.1 Å². The number of methoxy groups -OCH3 is 1. The highest BCUT2D eigenvalue weighted by Crippen LogP contribution is 2.22. The maximum Gasteiger partial charge on any atom is 0.220 e. The summed E-state index contributed by atoms with van der Waals surface area (Å²) in [4.78, 5) is 11.7. The molecule has 3 N–H and O–H groups in total. The summed E-state index contributed by atoms with van der Waals surface area (Å²) in [5, 5.41) is 2.87. The lowest BCUT2D eigenvalue weighted by Gasteiger charge is -2.12. The maximum absolute atomic E-state index is 11.7. The molecule has 100 valence electrons. The van der Waals surface area contributed by atoms with E-state index < -0.39 is 0 Å². The predicted octanol–water partition coefficient (Wildman–Crippen LogP) is 2.06. The molecule has 0 aliphatic heterocycles. The minimum absolute atomic E-state index is 0.00924. The van der Waals surface area contributed by atoms with Crippen molar-refractivity contribution in [3.05, 3.63) is 28.2 Å². The van der Waals surface area contributed by atoms with Crippen molar-refractivity contribution in [1.82, 2.24) is 5.32 Å². The first-order valence-electron chi connectivity index (χ1n) is 5.86. The molecule has 1 rings (SSSR count). The third-order valence-corrected chi connectivity index (χ3v) is 3.15. The quantitative estimate of drug-likeness (QED) is 0.844. The Bertz CT molecular complexity index is 410. The summed E-state index contributed by atoms with van der Waals surface area (Å²) in [5.41, 5.74) is 6.43. The molecule has 0 aromatic heterocycles. The molecule has 1 atom stereocenters. The molecule has 4 nitrogen and oxygen atoms in total. The van der Waals surface area contributed by atoms with Crippen LogP contribution < -0.4 is 15.8 Å². The summed E-state index contributed by atoms with van der Waals surface area (Å²) in [6.07, 6.45) is 0.451. The number of hydrogen-bond acceptors (Lipinski definition) is 3. The second kappa shape index (κ2) is 7.38. The Morgan fingerprint density at radius 1 is 1.56 bits per heavy atom. The number of carbonyl (C=O) groups excluding carboxylic acids is 1. The molecule has 1 aromatic carbocycles. The fourth-order valence-corrected chi connectivity index (χ4v) is 1.96. The molecule has 0 saturated carbocycles. The molecular weight excluding hydrogens is 296 g/mol. The van der Waals surface area contributed by atoms with Gasteiger partial charge in [-0.2, -0.15) is 0 Å². The van der Waals surface area contributed by atoms with Crippen LogP contribution in [0.15, 0.2) is 22.7 Å². The predicted molar refractivity (Wildman–Crippen MR) is 75.4 cm³/mol. The SMILES string of the molecule is COc1ccc(Br)cc1CNC(=O)CC(C)CN. The molecule has 0 aliphatic rings. The minimum Gasteiger partial charge on any atom is -0.496 e. The molecule has 0 heterocycles. The van der Waals surface area contributed by atoms with E-state index in [-0.39, 0.29) is 11.8 Å². The Hall–Kier alpha value is -1.07. The standard InChI is InChI=1S/C13H19BrN2O2/c1-9(7-15)5-13(17)16-8-10-6-11(14)3-4-12(10)18-2/h3-4,6,9H,5,7-8,15H2,1-2H3,(H,16,17). The first kappa shape index (κ1) is 15.0. The van der Waals surface area contributed by atoms with Crippen LogP contribution >= 0.6 is 15.9 Å². The van der Waals surface area contributed by atoms with E-state index in [0.29, 0.717) is 19.5 Å². The number of carbonyl (C=O) groups is 1. The van der Waals surface area contributed by atoms with Crippen LogP contribution in [0.4, 0.5) is 0 Å². The smallest absolute Gasteiger partial charge is 0.220 e. The average molecular weight is 315 g/mol. The van der Waals surface area contributed by atoms with E-state index >= 15 is 0 Å². The van der Waals surface area contributed by atoms with E-state index in [2.05, 4.69) is 21.2 Å². The molecule has 18 heavy (non-hydrogen) atoms. The van der Waals surface area contributed by atoms with E-state index in [1.165, 1.54) is 0 Å². The molecule has 1 unspecified atom stereocenters. The van der Waals surface area contributed by atoms with Gasteiger partial charge in [-0.15, -0.1) is 0 Å². The Labute approximate surface area is 116 Å². The zero-order chi connectivity index (χ0) is 13.5. The Balaban J connectivity index is 2.57. The maximum atomic E-state index is 11.7. The number of rotatable bonds is 6. The zero-order valence-corrected chi connectivity index (χ0v) is 12.3. The largest absolute Gasteiger partial charge is 0.496 e. The van der Waals surface area contributed by atoms with E-state index in [9.17, 15) is 4.79 Å². The van der Waals surface area contributed by atoms with Gasteiger partial charge in [0.15, 0.2) is 0 Å². The van der Waals surface area contributed by atoms with E-state index in [0.717, 1.165) is 15.8 Å². The number of hydrogen-bond donors (Lipinski definition) is 2. The van der Waals surface area contributed by atoms with Crippen LogP contribution in [0.25, 0.3) is 0 Å². The molecule has 0 radical (unpaired) electrons. The van der Waals surface area contributed by atoms with Gasteiger partial charge in [0.05, 0.1) is 7.11 Å². The summed E-state index contributed by atoms with van der Waals surface area (Å²) < 4.78 is 6.20. The van der Waals surface area contributed by atoms with Crippen LogP contribution in [0.3, 0.4) is 0 Å². The normalized spacial score (nSPS) is 12.0. The first-order valence-corrected chi connectivity index (χ1v) is 6.65. The van der Waals surface area contributed by atoms with Crippen molar-refractivity contribution >= 4 is 21.8 Å². The van der Waals surface area contributed by atoms with Gasteiger partial charge in [0.25, 0.3) is 0 Å². The van der Waals surface area contributed by atoms with Crippen LogP contribution in [0.2, 0.25) is 0 Å². The van der Waals surface area contributed by atoms with Crippen molar-refractivity contribution in [2.45, 2.75) is 19.9 Å². The third-order valence-electron chi connectivity index (χ3n) is 2.65. The third kappa shape index (κ3) is 4.66. The number of amides is 1. The van der Waals surface area contributed by atoms with Crippen molar-refractivity contribution in [3.8, 4) is 5.75 Å². The monoisotopic (exact) mass is 314 g/mol. The zero-order valence-electron chi connectivity index (χ0n) is 10.7. The lowest BCUT2D eigenvalue weighted by molar-refractivity contribution is -0.122. The van der Waals surface area contributed by atoms with Gasteiger partial charge in [-0.25, -0.2) is 0 Å². The molecule has 5 heteroatoms. The molecule has 0 saturated heterocycles. The Morgan fingerprint density at radius 3 is 2.89 bits per heavy atom. The van der Waals surface area contributed by atoms with Gasteiger partial charge in [0.2, 0.25) is 5.91 Å². The first-order chi connectivity index (χ1) is 8.56. The van der Waals surface area contributed by atoms with Crippen molar-refractivity contribution in [3.63, 3.8) is 0 Å². The second-order valence-corrected chi connectivity index (χ2v) is 5.19. The number of benzene rings is 1. The molecule has 0 spiro atoms. The second-order valence-electron chi connectivity index (χ2n) is 4.28. The minimum atomic E-state index is 0.00924. The van der Waals surface area contributed by atoms with Crippen molar-refractivity contribution in [2.75, 3.05) is 13.7 Å². The van der Waals surface area contributed by atoms with Crippen molar-refractivity contribution < 1.29 is 9.53 Å². The van der Waals surface area contributed by atoms with Crippen molar-refractivity contribution in [1.29, 1.82) is 0 Å². The van der Waals surface area contributed by atoms with Gasteiger partial charge in [-0.1, -0.05) is 22.9 Å². The highest BCUT2D eigenvalue weighted by molar-refractivity contribution is 9.10. The van der Waals surface area contributed by atoms with Gasteiger partial charge in [-0.05, 0) is 30.7 Å². The lowest BCUT2D eigenvalue weighted by atomic mass is 10.1. The van der Waals surface area contributed by atoms with Crippen LogP contribution in [0, 0.1) is 5.92 Å². The number of nitrogens with one attached hydrogen (secondary N) is 1. The van der Waals surface area contributed by atoms with Gasteiger partial charge >= 0.3 is 0 Å². The molecule has 0 bridgehead atoms. The summed E-state index contributed by atoms with van der Waals surface area (Å²) in [6, 6.07) is 5.71. The topological polar surface area (TPSA) is 64.3 Å². The van der Waals surface area contributed by atoms with Crippen LogP contribution in [0.5, 0.6) is 5.75 Å². The molecule has 0 aliphatic carbocycles.